The molecule has 0 unspecified atom stereocenters. The second-order valence-corrected chi connectivity index (χ2v) is 7.47. The number of nitrogens with one attached hydrogen (secondary N) is 1. The fourth-order valence-corrected chi connectivity index (χ4v) is 3.72. The maximum absolute atomic E-state index is 12.8. The molecule has 0 aliphatic rings. The highest BCUT2D eigenvalue weighted by Crippen LogP contribution is 2.19. The molecule has 0 aliphatic carbocycles. The van der Waals surface area contributed by atoms with Gasteiger partial charge < -0.3 is 10.2 Å². The number of carbonyl (C=O) groups excluding carboxylic acids is 2. The molecule has 0 fully saturated rings. The van der Waals surface area contributed by atoms with Crippen molar-refractivity contribution in [2.75, 3.05) is 22.5 Å². The van der Waals surface area contributed by atoms with Crippen molar-refractivity contribution in [2.45, 2.75) is 12.7 Å². The molecule has 0 atom stereocenters. The van der Waals surface area contributed by atoms with Gasteiger partial charge in [-0.2, -0.15) is 0 Å². The Kier molecular flexibility index (Phi) is 7.47. The van der Waals surface area contributed by atoms with Crippen LogP contribution in [0.5, 0.6) is 0 Å². The quantitative estimate of drug-likeness (QED) is 0.560. The van der Waals surface area contributed by atoms with Crippen molar-refractivity contribution in [3.8, 4) is 0 Å². The number of nitrogens with zero attached hydrogens (tertiary/aromatic N) is 1. The molecule has 2 amide bonds. The van der Waals surface area contributed by atoms with Crippen LogP contribution >= 0.6 is 11.8 Å². The van der Waals surface area contributed by atoms with Gasteiger partial charge in [0.25, 0.3) is 5.91 Å². The maximum Gasteiger partial charge on any atom is 0.258 e. The van der Waals surface area contributed by atoms with Crippen molar-refractivity contribution in [3.05, 3.63) is 96.1 Å². The second-order valence-electron chi connectivity index (χ2n) is 6.49. The molecule has 0 aliphatic heterocycles. The monoisotopic (exact) mass is 404 g/mol. The first kappa shape index (κ1) is 20.7. The fourth-order valence-electron chi connectivity index (χ4n) is 2.93. The minimum absolute atomic E-state index is 0.0138. The third kappa shape index (κ3) is 5.96. The number of anilines is 2. The minimum Gasteiger partial charge on any atom is -0.325 e. The van der Waals surface area contributed by atoms with Crippen LogP contribution in [0.3, 0.4) is 0 Å². The molecule has 0 heterocycles. The molecule has 0 radical (unpaired) electrons. The van der Waals surface area contributed by atoms with Crippen LogP contribution in [0.25, 0.3) is 0 Å². The van der Waals surface area contributed by atoms with E-state index < -0.39 is 0 Å². The molecular weight excluding hydrogens is 380 g/mol. The highest BCUT2D eigenvalue weighted by Gasteiger charge is 2.15. The normalized spacial score (nSPS) is 10.4. The van der Waals surface area contributed by atoms with Gasteiger partial charge in [-0.05, 0) is 48.9 Å². The molecule has 148 valence electrons. The number of benzene rings is 3. The molecule has 5 heteroatoms. The van der Waals surface area contributed by atoms with Crippen LogP contribution in [0.2, 0.25) is 0 Å². The summed E-state index contributed by atoms with van der Waals surface area (Å²) in [4.78, 5) is 26.6. The first-order valence-corrected chi connectivity index (χ1v) is 10.7. The summed E-state index contributed by atoms with van der Waals surface area (Å²) in [5, 5.41) is 2.88. The number of para-hydroxylation sites is 2. The van der Waals surface area contributed by atoms with Gasteiger partial charge in [-0.15, -0.1) is 11.8 Å². The molecule has 0 aromatic heterocycles. The van der Waals surface area contributed by atoms with Gasteiger partial charge >= 0.3 is 0 Å². The van der Waals surface area contributed by atoms with Crippen molar-refractivity contribution < 1.29 is 9.59 Å². The summed E-state index contributed by atoms with van der Waals surface area (Å²) < 4.78 is 0. The Bertz CT molecular complexity index is 928. The molecule has 4 nitrogen and oxygen atoms in total. The SMILES string of the molecule is CCN(C(=O)c1ccc(CSCC(=O)Nc2ccccc2)cc1)c1ccccc1. The van der Waals surface area contributed by atoms with E-state index in [0.29, 0.717) is 23.6 Å². The Balaban J connectivity index is 1.52. The van der Waals surface area contributed by atoms with Gasteiger partial charge in [-0.1, -0.05) is 48.5 Å². The van der Waals surface area contributed by atoms with E-state index >= 15 is 0 Å². The summed E-state index contributed by atoms with van der Waals surface area (Å²) >= 11 is 1.55. The van der Waals surface area contributed by atoms with Crippen molar-refractivity contribution in [3.63, 3.8) is 0 Å². The first-order chi connectivity index (χ1) is 14.2. The van der Waals surface area contributed by atoms with E-state index in [4.69, 9.17) is 0 Å². The number of amides is 2. The molecule has 0 spiro atoms. The van der Waals surface area contributed by atoms with Gasteiger partial charge in [-0.3, -0.25) is 9.59 Å². The van der Waals surface area contributed by atoms with E-state index in [1.165, 1.54) is 0 Å². The van der Waals surface area contributed by atoms with Crippen LogP contribution < -0.4 is 10.2 Å². The van der Waals surface area contributed by atoms with E-state index in [9.17, 15) is 9.59 Å². The maximum atomic E-state index is 12.8. The highest BCUT2D eigenvalue weighted by atomic mass is 32.2. The van der Waals surface area contributed by atoms with Crippen LogP contribution in [0.1, 0.15) is 22.8 Å². The molecular formula is C24H24N2O2S. The van der Waals surface area contributed by atoms with Crippen molar-refractivity contribution >= 4 is 35.0 Å². The Hall–Kier alpha value is -3.05. The number of carbonyl (C=O) groups is 2. The molecule has 1 N–H and O–H groups in total. The zero-order chi connectivity index (χ0) is 20.5. The first-order valence-electron chi connectivity index (χ1n) is 9.56. The van der Waals surface area contributed by atoms with Crippen molar-refractivity contribution in [2.24, 2.45) is 0 Å². The van der Waals surface area contributed by atoms with Gasteiger partial charge in [0, 0.05) is 29.2 Å². The van der Waals surface area contributed by atoms with E-state index in [2.05, 4.69) is 5.32 Å². The van der Waals surface area contributed by atoms with Crippen LogP contribution in [-0.4, -0.2) is 24.1 Å². The van der Waals surface area contributed by atoms with Crippen LogP contribution in [0.4, 0.5) is 11.4 Å². The van der Waals surface area contributed by atoms with Crippen molar-refractivity contribution in [1.29, 1.82) is 0 Å². The third-order valence-corrected chi connectivity index (χ3v) is 5.39. The third-order valence-electron chi connectivity index (χ3n) is 4.39. The summed E-state index contributed by atoms with van der Waals surface area (Å²) in [5.74, 6) is 1.06. The van der Waals surface area contributed by atoms with Gasteiger partial charge in [0.15, 0.2) is 0 Å². The Labute approximate surface area is 175 Å². The van der Waals surface area contributed by atoms with E-state index in [1.807, 2.05) is 91.9 Å². The van der Waals surface area contributed by atoms with Crippen molar-refractivity contribution in [1.82, 2.24) is 0 Å². The molecule has 29 heavy (non-hydrogen) atoms. The molecule has 3 aromatic rings. The molecule has 0 bridgehead atoms. The number of thioether (sulfide) groups is 1. The van der Waals surface area contributed by atoms with Gasteiger partial charge in [-0.25, -0.2) is 0 Å². The second kappa shape index (κ2) is 10.5. The lowest BCUT2D eigenvalue weighted by molar-refractivity contribution is -0.113. The van der Waals surface area contributed by atoms with Gasteiger partial charge in [0.1, 0.15) is 0 Å². The largest absolute Gasteiger partial charge is 0.325 e. The predicted molar refractivity (Wildman–Crippen MR) is 121 cm³/mol. The number of hydrogen-bond donors (Lipinski definition) is 1. The van der Waals surface area contributed by atoms with Crippen LogP contribution in [-0.2, 0) is 10.5 Å². The Morgan fingerprint density at radius 3 is 2.10 bits per heavy atom. The Morgan fingerprint density at radius 2 is 1.48 bits per heavy atom. The molecule has 0 saturated carbocycles. The van der Waals surface area contributed by atoms with Gasteiger partial charge in [0.2, 0.25) is 5.91 Å². The summed E-state index contributed by atoms with van der Waals surface area (Å²) in [5.41, 5.74) is 3.44. The lowest BCUT2D eigenvalue weighted by Gasteiger charge is -2.21. The molecule has 0 saturated heterocycles. The van der Waals surface area contributed by atoms with E-state index in [-0.39, 0.29) is 11.8 Å². The van der Waals surface area contributed by atoms with E-state index in [0.717, 1.165) is 16.9 Å². The predicted octanol–water partition coefficient (Wildman–Crippen LogP) is 5.23. The summed E-state index contributed by atoms with van der Waals surface area (Å²) in [7, 11) is 0. The standard InChI is InChI=1S/C24H24N2O2S/c1-2-26(22-11-7-4-8-12-22)24(28)20-15-13-19(14-16-20)17-29-18-23(27)25-21-9-5-3-6-10-21/h3-16H,2,17-18H2,1H3,(H,25,27). The summed E-state index contributed by atoms with van der Waals surface area (Å²) in [6, 6.07) is 26.7. The van der Waals surface area contributed by atoms with E-state index in [1.54, 1.807) is 16.7 Å². The zero-order valence-corrected chi connectivity index (χ0v) is 17.2. The minimum atomic E-state index is -0.0190. The number of hydrogen-bond acceptors (Lipinski definition) is 3. The van der Waals surface area contributed by atoms with Gasteiger partial charge in [0.05, 0.1) is 5.75 Å². The summed E-state index contributed by atoms with van der Waals surface area (Å²) in [6.45, 7) is 2.58. The average molecular weight is 405 g/mol. The number of rotatable bonds is 8. The fraction of sp³-hybridized carbons (Fsp3) is 0.167. The highest BCUT2D eigenvalue weighted by molar-refractivity contribution is 7.99. The van der Waals surface area contributed by atoms with Crippen LogP contribution in [0, 0.1) is 0 Å². The van der Waals surface area contributed by atoms with Crippen LogP contribution in [0.15, 0.2) is 84.9 Å². The lowest BCUT2D eigenvalue weighted by Crippen LogP contribution is -2.30. The lowest BCUT2D eigenvalue weighted by atomic mass is 10.1. The topological polar surface area (TPSA) is 49.4 Å². The average Bonchev–Trinajstić information content (AvgIpc) is 2.76. The molecule has 3 rings (SSSR count). The Morgan fingerprint density at radius 1 is 0.862 bits per heavy atom. The zero-order valence-electron chi connectivity index (χ0n) is 16.4. The summed E-state index contributed by atoms with van der Waals surface area (Å²) in [6.07, 6.45) is 0. The smallest absolute Gasteiger partial charge is 0.258 e. The molecule has 3 aromatic carbocycles.